The SMILES string of the molecule is COC(=O)NCCc1cn(C(=O)c2ccccc2)c2ccccc12. The topological polar surface area (TPSA) is 60.3 Å². The summed E-state index contributed by atoms with van der Waals surface area (Å²) in [5.41, 5.74) is 2.50. The first-order valence-corrected chi connectivity index (χ1v) is 7.71. The van der Waals surface area contributed by atoms with E-state index in [0.717, 1.165) is 16.5 Å². The molecule has 5 nitrogen and oxygen atoms in total. The number of hydrogen-bond donors (Lipinski definition) is 1. The number of rotatable bonds is 4. The van der Waals surface area contributed by atoms with Crippen molar-refractivity contribution in [1.29, 1.82) is 0 Å². The van der Waals surface area contributed by atoms with E-state index in [1.165, 1.54) is 7.11 Å². The van der Waals surface area contributed by atoms with Gasteiger partial charge in [-0.1, -0.05) is 36.4 Å². The number of hydrogen-bond acceptors (Lipinski definition) is 3. The largest absolute Gasteiger partial charge is 0.453 e. The Bertz CT molecular complexity index is 869. The van der Waals surface area contributed by atoms with Crippen LogP contribution in [-0.4, -0.2) is 30.2 Å². The molecule has 0 fully saturated rings. The molecule has 0 bridgehead atoms. The second-order valence-corrected chi connectivity index (χ2v) is 5.38. The van der Waals surface area contributed by atoms with Crippen molar-refractivity contribution in [2.45, 2.75) is 6.42 Å². The molecule has 1 N–H and O–H groups in total. The second-order valence-electron chi connectivity index (χ2n) is 5.38. The standard InChI is InChI=1S/C19H18N2O3/c1-24-19(23)20-12-11-15-13-21(17-10-6-5-9-16(15)17)18(22)14-7-3-2-4-8-14/h2-10,13H,11-12H2,1H3,(H,20,23). The number of methoxy groups -OCH3 is 1. The lowest BCUT2D eigenvalue weighted by molar-refractivity contribution is 0.0964. The molecule has 5 heteroatoms. The van der Waals surface area contributed by atoms with Crippen molar-refractivity contribution in [2.75, 3.05) is 13.7 Å². The van der Waals surface area contributed by atoms with E-state index in [2.05, 4.69) is 10.1 Å². The molecule has 0 unspecified atom stereocenters. The highest BCUT2D eigenvalue weighted by atomic mass is 16.5. The summed E-state index contributed by atoms with van der Waals surface area (Å²) < 4.78 is 6.23. The molecule has 122 valence electrons. The van der Waals surface area contributed by atoms with E-state index in [0.29, 0.717) is 18.5 Å². The fraction of sp³-hybridized carbons (Fsp3) is 0.158. The Morgan fingerprint density at radius 2 is 1.75 bits per heavy atom. The Kier molecular flexibility index (Phi) is 4.61. The lowest BCUT2D eigenvalue weighted by atomic mass is 10.1. The smallest absolute Gasteiger partial charge is 0.406 e. The predicted molar refractivity (Wildman–Crippen MR) is 92.2 cm³/mol. The third kappa shape index (κ3) is 3.15. The maximum absolute atomic E-state index is 12.8. The monoisotopic (exact) mass is 322 g/mol. The molecule has 24 heavy (non-hydrogen) atoms. The lowest BCUT2D eigenvalue weighted by Gasteiger charge is -2.03. The highest BCUT2D eigenvalue weighted by molar-refractivity contribution is 6.03. The summed E-state index contributed by atoms with van der Waals surface area (Å²) in [6.45, 7) is 0.445. The van der Waals surface area contributed by atoms with Crippen molar-refractivity contribution in [1.82, 2.24) is 9.88 Å². The first-order chi connectivity index (χ1) is 11.7. The van der Waals surface area contributed by atoms with Crippen LogP contribution in [0.5, 0.6) is 0 Å². The van der Waals surface area contributed by atoms with Gasteiger partial charge in [0.15, 0.2) is 0 Å². The first kappa shape index (κ1) is 15.8. The molecule has 0 aliphatic heterocycles. The van der Waals surface area contributed by atoms with E-state index in [4.69, 9.17) is 0 Å². The number of carbonyl (C=O) groups is 2. The van der Waals surface area contributed by atoms with Gasteiger partial charge in [-0.05, 0) is 30.2 Å². The average molecular weight is 322 g/mol. The average Bonchev–Trinajstić information content (AvgIpc) is 3.00. The number of carbonyl (C=O) groups excluding carboxylic acids is 2. The second kappa shape index (κ2) is 7.00. The Hall–Kier alpha value is -3.08. The van der Waals surface area contributed by atoms with Crippen LogP contribution in [0.25, 0.3) is 10.9 Å². The molecule has 2 aromatic carbocycles. The number of aromatic nitrogens is 1. The molecule has 0 saturated heterocycles. The summed E-state index contributed by atoms with van der Waals surface area (Å²) in [5, 5.41) is 3.67. The molecule has 0 spiro atoms. The van der Waals surface area contributed by atoms with Gasteiger partial charge in [0.1, 0.15) is 0 Å². The fourth-order valence-electron chi connectivity index (χ4n) is 2.71. The molecular weight excluding hydrogens is 304 g/mol. The van der Waals surface area contributed by atoms with Crippen LogP contribution in [0.3, 0.4) is 0 Å². The summed E-state index contributed by atoms with van der Waals surface area (Å²) in [5.74, 6) is -0.0704. The number of fused-ring (bicyclic) bond motifs is 1. The number of amides is 1. The van der Waals surface area contributed by atoms with E-state index in [-0.39, 0.29) is 5.91 Å². The van der Waals surface area contributed by atoms with Crippen molar-refractivity contribution in [3.8, 4) is 0 Å². The van der Waals surface area contributed by atoms with Gasteiger partial charge in [0.05, 0.1) is 12.6 Å². The Labute approximate surface area is 139 Å². The summed E-state index contributed by atoms with van der Waals surface area (Å²) in [4.78, 5) is 23.9. The number of ether oxygens (including phenoxy) is 1. The first-order valence-electron chi connectivity index (χ1n) is 7.71. The minimum Gasteiger partial charge on any atom is -0.453 e. The molecule has 1 aromatic heterocycles. The highest BCUT2D eigenvalue weighted by Gasteiger charge is 2.14. The van der Waals surface area contributed by atoms with Crippen molar-refractivity contribution >= 4 is 22.9 Å². The van der Waals surface area contributed by atoms with Crippen LogP contribution in [0, 0.1) is 0 Å². The van der Waals surface area contributed by atoms with Gasteiger partial charge in [-0.15, -0.1) is 0 Å². The van der Waals surface area contributed by atoms with E-state index in [1.54, 1.807) is 16.7 Å². The molecule has 1 amide bonds. The molecule has 0 aliphatic rings. The van der Waals surface area contributed by atoms with Gasteiger partial charge in [0.25, 0.3) is 5.91 Å². The lowest BCUT2D eigenvalue weighted by Crippen LogP contribution is -2.25. The molecule has 0 radical (unpaired) electrons. The van der Waals surface area contributed by atoms with Crippen LogP contribution in [0.1, 0.15) is 15.9 Å². The van der Waals surface area contributed by atoms with Crippen molar-refractivity contribution in [2.24, 2.45) is 0 Å². The number of nitrogens with one attached hydrogen (secondary N) is 1. The number of benzene rings is 2. The maximum atomic E-state index is 12.8. The summed E-state index contributed by atoms with van der Waals surface area (Å²) in [6, 6.07) is 16.9. The molecule has 0 aliphatic carbocycles. The number of para-hydroxylation sites is 1. The molecule has 3 aromatic rings. The van der Waals surface area contributed by atoms with Crippen LogP contribution in [0.15, 0.2) is 60.8 Å². The van der Waals surface area contributed by atoms with Gasteiger partial charge < -0.3 is 10.1 Å². The molecule has 1 heterocycles. The normalized spacial score (nSPS) is 10.5. The van der Waals surface area contributed by atoms with Crippen molar-refractivity contribution < 1.29 is 14.3 Å². The van der Waals surface area contributed by atoms with Gasteiger partial charge in [-0.3, -0.25) is 9.36 Å². The quantitative estimate of drug-likeness (QED) is 0.802. The zero-order valence-corrected chi connectivity index (χ0v) is 13.4. The zero-order valence-electron chi connectivity index (χ0n) is 13.4. The molecule has 0 saturated carbocycles. The predicted octanol–water partition coefficient (Wildman–Crippen LogP) is 3.23. The van der Waals surface area contributed by atoms with Crippen molar-refractivity contribution in [3.05, 3.63) is 71.9 Å². The van der Waals surface area contributed by atoms with E-state index >= 15 is 0 Å². The minimum absolute atomic E-state index is 0.0704. The van der Waals surface area contributed by atoms with Crippen LogP contribution in [0.4, 0.5) is 4.79 Å². The van der Waals surface area contributed by atoms with E-state index in [9.17, 15) is 9.59 Å². The van der Waals surface area contributed by atoms with Gasteiger partial charge in [0, 0.05) is 23.7 Å². The van der Waals surface area contributed by atoms with Gasteiger partial charge in [-0.25, -0.2) is 4.79 Å². The summed E-state index contributed by atoms with van der Waals surface area (Å²) in [7, 11) is 1.33. The van der Waals surface area contributed by atoms with Crippen LogP contribution in [-0.2, 0) is 11.2 Å². The minimum atomic E-state index is -0.459. The van der Waals surface area contributed by atoms with E-state index < -0.39 is 6.09 Å². The third-order valence-corrected chi connectivity index (χ3v) is 3.88. The highest BCUT2D eigenvalue weighted by Crippen LogP contribution is 2.22. The van der Waals surface area contributed by atoms with Crippen LogP contribution in [0.2, 0.25) is 0 Å². The summed E-state index contributed by atoms with van der Waals surface area (Å²) in [6.07, 6.45) is 2.00. The van der Waals surface area contributed by atoms with Gasteiger partial charge in [-0.2, -0.15) is 0 Å². The van der Waals surface area contributed by atoms with Crippen LogP contribution < -0.4 is 5.32 Å². The zero-order chi connectivity index (χ0) is 16.9. The third-order valence-electron chi connectivity index (χ3n) is 3.88. The fourth-order valence-corrected chi connectivity index (χ4v) is 2.71. The van der Waals surface area contributed by atoms with Gasteiger partial charge in [0.2, 0.25) is 0 Å². The molecular formula is C19H18N2O3. The van der Waals surface area contributed by atoms with E-state index in [1.807, 2.05) is 48.7 Å². The number of alkyl carbamates (subject to hydrolysis) is 1. The van der Waals surface area contributed by atoms with Gasteiger partial charge >= 0.3 is 6.09 Å². The Morgan fingerprint density at radius 3 is 2.50 bits per heavy atom. The van der Waals surface area contributed by atoms with Crippen LogP contribution >= 0.6 is 0 Å². The summed E-state index contributed by atoms with van der Waals surface area (Å²) >= 11 is 0. The number of nitrogens with zero attached hydrogens (tertiary/aromatic N) is 1. The molecule has 0 atom stereocenters. The Balaban J connectivity index is 1.92. The van der Waals surface area contributed by atoms with Crippen molar-refractivity contribution in [3.63, 3.8) is 0 Å². The maximum Gasteiger partial charge on any atom is 0.406 e. The Morgan fingerprint density at radius 1 is 1.04 bits per heavy atom. The molecule has 3 rings (SSSR count).